The number of hydrogen-bond donors (Lipinski definition) is 3. The van der Waals surface area contributed by atoms with E-state index in [-0.39, 0.29) is 5.91 Å². The summed E-state index contributed by atoms with van der Waals surface area (Å²) in [6.45, 7) is 1.84. The number of halogens is 1. The number of rotatable bonds is 9. The standard InChI is InChI=1S/C26H23ClN2O5S/c1-16-13-21(22(34-2)15-20(16)27)29-26(33)25(17-7-4-3-5-8-17)35-19-10-6-9-18(14-19)28-23(30)11-12-24(31)32/h3-15,25H,1-2H3,(H,28,30)(H,29,33)(H,31,32)/b12-11+. The third-order valence-electron chi connectivity index (χ3n) is 4.81. The Bertz CT molecular complexity index is 1260. The molecule has 2 amide bonds. The third kappa shape index (κ3) is 7.37. The molecule has 35 heavy (non-hydrogen) atoms. The number of aryl methyl sites for hydroxylation is 1. The number of carbonyl (C=O) groups is 3. The van der Waals surface area contributed by atoms with E-state index in [2.05, 4.69) is 10.6 Å². The van der Waals surface area contributed by atoms with Crippen molar-refractivity contribution < 1.29 is 24.2 Å². The number of amides is 2. The van der Waals surface area contributed by atoms with E-state index in [0.29, 0.717) is 22.1 Å². The number of benzene rings is 3. The van der Waals surface area contributed by atoms with E-state index >= 15 is 0 Å². The van der Waals surface area contributed by atoms with Gasteiger partial charge in [0.05, 0.1) is 12.8 Å². The monoisotopic (exact) mass is 510 g/mol. The Hall–Kier alpha value is -3.75. The molecule has 3 rings (SSSR count). The summed E-state index contributed by atoms with van der Waals surface area (Å²) >= 11 is 7.50. The van der Waals surface area contributed by atoms with Crippen LogP contribution in [0.25, 0.3) is 0 Å². The highest BCUT2D eigenvalue weighted by molar-refractivity contribution is 8.00. The van der Waals surface area contributed by atoms with Gasteiger partial charge in [-0.05, 0) is 42.3 Å². The van der Waals surface area contributed by atoms with Gasteiger partial charge >= 0.3 is 5.97 Å². The van der Waals surface area contributed by atoms with Crippen LogP contribution < -0.4 is 15.4 Å². The first kappa shape index (κ1) is 25.9. The molecule has 7 nitrogen and oxygen atoms in total. The van der Waals surface area contributed by atoms with Gasteiger partial charge < -0.3 is 20.5 Å². The molecule has 0 saturated heterocycles. The van der Waals surface area contributed by atoms with E-state index in [9.17, 15) is 14.4 Å². The minimum absolute atomic E-state index is 0.264. The maximum absolute atomic E-state index is 13.4. The fraction of sp³-hybridized carbons (Fsp3) is 0.115. The second kappa shape index (κ2) is 12.1. The molecule has 9 heteroatoms. The molecule has 0 heterocycles. The number of ether oxygens (including phenoxy) is 1. The number of methoxy groups -OCH3 is 1. The zero-order valence-electron chi connectivity index (χ0n) is 18.9. The van der Waals surface area contributed by atoms with E-state index in [4.69, 9.17) is 21.4 Å². The van der Waals surface area contributed by atoms with Crippen molar-refractivity contribution >= 4 is 52.5 Å². The fourth-order valence-electron chi connectivity index (χ4n) is 3.14. The molecular formula is C26H23ClN2O5S. The lowest BCUT2D eigenvalue weighted by molar-refractivity contribution is -0.131. The lowest BCUT2D eigenvalue weighted by atomic mass is 10.1. The predicted octanol–water partition coefficient (Wildman–Crippen LogP) is 5.71. The van der Waals surface area contributed by atoms with Crippen LogP contribution >= 0.6 is 23.4 Å². The number of carbonyl (C=O) groups excluding carboxylic acids is 2. The van der Waals surface area contributed by atoms with Gasteiger partial charge in [-0.1, -0.05) is 48.0 Å². The summed E-state index contributed by atoms with van der Waals surface area (Å²) in [4.78, 5) is 36.7. The third-order valence-corrected chi connectivity index (χ3v) is 6.47. The molecule has 3 aromatic carbocycles. The van der Waals surface area contributed by atoms with Gasteiger partial charge in [0.1, 0.15) is 11.0 Å². The first-order valence-corrected chi connectivity index (χ1v) is 11.7. The van der Waals surface area contributed by atoms with Gasteiger partial charge in [0, 0.05) is 33.8 Å². The maximum atomic E-state index is 13.4. The summed E-state index contributed by atoms with van der Waals surface area (Å²) in [5.74, 6) is -1.60. The summed E-state index contributed by atoms with van der Waals surface area (Å²) in [5.41, 5.74) is 2.56. The van der Waals surface area contributed by atoms with Crippen LogP contribution in [0.1, 0.15) is 16.4 Å². The van der Waals surface area contributed by atoms with Gasteiger partial charge in [-0.2, -0.15) is 0 Å². The molecule has 3 N–H and O–H groups in total. The topological polar surface area (TPSA) is 105 Å². The van der Waals surface area contributed by atoms with E-state index in [1.54, 1.807) is 30.3 Å². The van der Waals surface area contributed by atoms with Crippen molar-refractivity contribution in [1.82, 2.24) is 0 Å². The largest absolute Gasteiger partial charge is 0.495 e. The number of nitrogens with one attached hydrogen (secondary N) is 2. The summed E-state index contributed by atoms with van der Waals surface area (Å²) in [5, 5.41) is 14.2. The highest BCUT2D eigenvalue weighted by Crippen LogP contribution is 2.38. The summed E-state index contributed by atoms with van der Waals surface area (Å²) < 4.78 is 5.38. The van der Waals surface area contributed by atoms with Crippen LogP contribution in [0.2, 0.25) is 5.02 Å². The number of carboxylic acids is 1. The molecule has 1 unspecified atom stereocenters. The number of aliphatic carboxylic acids is 1. The van der Waals surface area contributed by atoms with Gasteiger partial charge in [0.15, 0.2) is 0 Å². The second-order valence-corrected chi connectivity index (χ2v) is 8.97. The molecular weight excluding hydrogens is 488 g/mol. The van der Waals surface area contributed by atoms with E-state index in [1.807, 2.05) is 43.3 Å². The normalized spacial score (nSPS) is 11.6. The SMILES string of the molecule is COc1cc(Cl)c(C)cc1NC(=O)C(Sc1cccc(NC(=O)/C=C/C(=O)O)c1)c1ccccc1. The Labute approximate surface area is 212 Å². The Balaban J connectivity index is 1.86. The van der Waals surface area contributed by atoms with Crippen LogP contribution in [0.4, 0.5) is 11.4 Å². The molecule has 0 spiro atoms. The summed E-state index contributed by atoms with van der Waals surface area (Å²) in [7, 11) is 1.51. The summed E-state index contributed by atoms with van der Waals surface area (Å²) in [6.07, 6.45) is 1.69. The Morgan fingerprint density at radius 3 is 2.43 bits per heavy atom. The average Bonchev–Trinajstić information content (AvgIpc) is 2.84. The Kier molecular flexibility index (Phi) is 8.94. The summed E-state index contributed by atoms with van der Waals surface area (Å²) in [6, 6.07) is 19.7. The van der Waals surface area contributed by atoms with Gasteiger partial charge in [0.2, 0.25) is 11.8 Å². The van der Waals surface area contributed by atoms with Crippen molar-refractivity contribution in [3.63, 3.8) is 0 Å². The van der Waals surface area contributed by atoms with Crippen LogP contribution in [0, 0.1) is 6.92 Å². The lowest BCUT2D eigenvalue weighted by Crippen LogP contribution is -2.19. The van der Waals surface area contributed by atoms with Crippen molar-refractivity contribution in [2.75, 3.05) is 17.7 Å². The van der Waals surface area contributed by atoms with Crippen molar-refractivity contribution in [3.05, 3.63) is 95.0 Å². The minimum atomic E-state index is -1.21. The zero-order chi connectivity index (χ0) is 25.4. The number of thioether (sulfide) groups is 1. The molecule has 0 aliphatic rings. The Morgan fingerprint density at radius 2 is 1.74 bits per heavy atom. The number of anilines is 2. The molecule has 0 bridgehead atoms. The smallest absolute Gasteiger partial charge is 0.328 e. The van der Waals surface area contributed by atoms with E-state index < -0.39 is 17.1 Å². The quantitative estimate of drug-likeness (QED) is 0.251. The molecule has 1 atom stereocenters. The second-order valence-electron chi connectivity index (χ2n) is 7.39. The number of hydrogen-bond acceptors (Lipinski definition) is 5. The van der Waals surface area contributed by atoms with Crippen molar-refractivity contribution in [2.24, 2.45) is 0 Å². The van der Waals surface area contributed by atoms with Crippen LogP contribution in [0.3, 0.4) is 0 Å². The van der Waals surface area contributed by atoms with Crippen molar-refractivity contribution in [2.45, 2.75) is 17.1 Å². The van der Waals surface area contributed by atoms with E-state index in [0.717, 1.165) is 28.2 Å². The van der Waals surface area contributed by atoms with Gasteiger partial charge in [0.25, 0.3) is 0 Å². The average molecular weight is 511 g/mol. The predicted molar refractivity (Wildman–Crippen MR) is 138 cm³/mol. The maximum Gasteiger partial charge on any atom is 0.328 e. The van der Waals surface area contributed by atoms with E-state index in [1.165, 1.54) is 18.9 Å². The first-order valence-electron chi connectivity index (χ1n) is 10.5. The van der Waals surface area contributed by atoms with Gasteiger partial charge in [-0.3, -0.25) is 9.59 Å². The molecule has 180 valence electrons. The van der Waals surface area contributed by atoms with Crippen LogP contribution in [0.5, 0.6) is 5.75 Å². The fourth-order valence-corrected chi connectivity index (χ4v) is 4.38. The molecule has 0 aromatic heterocycles. The van der Waals surface area contributed by atoms with Crippen LogP contribution in [-0.4, -0.2) is 30.0 Å². The molecule has 0 saturated carbocycles. The van der Waals surface area contributed by atoms with Crippen LogP contribution in [-0.2, 0) is 14.4 Å². The molecule has 0 fully saturated rings. The highest BCUT2D eigenvalue weighted by atomic mass is 35.5. The number of carboxylic acid groups (broad SMARTS) is 1. The minimum Gasteiger partial charge on any atom is -0.495 e. The zero-order valence-corrected chi connectivity index (χ0v) is 20.5. The van der Waals surface area contributed by atoms with Crippen molar-refractivity contribution in [3.8, 4) is 5.75 Å². The highest BCUT2D eigenvalue weighted by Gasteiger charge is 2.24. The molecule has 0 aliphatic carbocycles. The molecule has 3 aromatic rings. The van der Waals surface area contributed by atoms with Gasteiger partial charge in [-0.15, -0.1) is 11.8 Å². The molecule has 0 aliphatic heterocycles. The molecule has 0 radical (unpaired) electrons. The first-order chi connectivity index (χ1) is 16.8. The van der Waals surface area contributed by atoms with Crippen molar-refractivity contribution in [1.29, 1.82) is 0 Å². The van der Waals surface area contributed by atoms with Crippen LogP contribution in [0.15, 0.2) is 83.8 Å². The lowest BCUT2D eigenvalue weighted by Gasteiger charge is -2.19. The van der Waals surface area contributed by atoms with Gasteiger partial charge in [-0.25, -0.2) is 4.79 Å². The Morgan fingerprint density at radius 1 is 1.00 bits per heavy atom.